The molecule has 0 fully saturated rings. The fraction of sp³-hybridized carbons (Fsp3) is 0.308. The zero-order valence-corrected chi connectivity index (χ0v) is 9.39. The van der Waals surface area contributed by atoms with Crippen LogP contribution in [-0.4, -0.2) is 11.0 Å². The summed E-state index contributed by atoms with van der Waals surface area (Å²) in [4.78, 5) is 3.98. The lowest BCUT2D eigenvalue weighted by Gasteiger charge is -2.14. The fourth-order valence-corrected chi connectivity index (χ4v) is 1.62. The third kappa shape index (κ3) is 3.12. The Hall–Kier alpha value is -1.77. The molecule has 1 unspecified atom stereocenters. The highest BCUT2D eigenvalue weighted by Crippen LogP contribution is 2.10. The highest BCUT2D eigenvalue weighted by atomic mass is 16.3. The Morgan fingerprint density at radius 2 is 2.12 bits per heavy atom. The maximum absolute atomic E-state index is 5.30. The number of aromatic nitrogens is 1. The summed E-state index contributed by atoms with van der Waals surface area (Å²) in [5.74, 6) is 1.04. The number of rotatable bonds is 5. The summed E-state index contributed by atoms with van der Waals surface area (Å²) >= 11 is 0. The summed E-state index contributed by atoms with van der Waals surface area (Å²) in [6.45, 7) is 2.17. The van der Waals surface area contributed by atoms with Crippen molar-refractivity contribution in [1.82, 2.24) is 4.98 Å². The Morgan fingerprint density at radius 1 is 1.31 bits per heavy atom. The van der Waals surface area contributed by atoms with E-state index < -0.39 is 0 Å². The molecule has 84 valence electrons. The van der Waals surface area contributed by atoms with Crippen molar-refractivity contribution in [2.45, 2.75) is 25.8 Å². The van der Waals surface area contributed by atoms with Crippen LogP contribution in [-0.2, 0) is 6.42 Å². The molecule has 3 heteroatoms. The summed E-state index contributed by atoms with van der Waals surface area (Å²) in [6.07, 6.45) is 7.32. The Kier molecular flexibility index (Phi) is 3.59. The quantitative estimate of drug-likeness (QED) is 0.834. The van der Waals surface area contributed by atoms with Crippen molar-refractivity contribution in [2.75, 3.05) is 5.32 Å². The van der Waals surface area contributed by atoms with E-state index in [0.717, 1.165) is 24.3 Å². The van der Waals surface area contributed by atoms with Gasteiger partial charge in [0.05, 0.1) is 6.26 Å². The minimum atomic E-state index is 0.424. The van der Waals surface area contributed by atoms with Gasteiger partial charge < -0.3 is 9.73 Å². The average Bonchev–Trinajstić information content (AvgIpc) is 2.81. The number of nitrogens with one attached hydrogen (secondary N) is 1. The van der Waals surface area contributed by atoms with E-state index in [1.54, 1.807) is 18.7 Å². The molecule has 0 bridgehead atoms. The van der Waals surface area contributed by atoms with Crippen LogP contribution in [0.25, 0.3) is 0 Å². The van der Waals surface area contributed by atoms with Gasteiger partial charge in [-0.15, -0.1) is 0 Å². The van der Waals surface area contributed by atoms with E-state index in [0.29, 0.717) is 6.04 Å². The lowest BCUT2D eigenvalue weighted by Crippen LogP contribution is -2.15. The Morgan fingerprint density at radius 3 is 2.81 bits per heavy atom. The molecule has 1 N–H and O–H groups in total. The van der Waals surface area contributed by atoms with E-state index >= 15 is 0 Å². The molecule has 2 heterocycles. The summed E-state index contributed by atoms with van der Waals surface area (Å²) in [6, 6.07) is 8.31. The predicted octanol–water partition coefficient (Wildman–Crippen LogP) is 3.11. The molecule has 0 aliphatic carbocycles. The molecule has 0 saturated carbocycles. The maximum Gasteiger partial charge on any atom is 0.103 e. The van der Waals surface area contributed by atoms with Crippen LogP contribution in [0.15, 0.2) is 47.3 Å². The summed E-state index contributed by atoms with van der Waals surface area (Å²) in [5.41, 5.74) is 1.11. The SMILES string of the molecule is CC(CCc1ccco1)Nc1ccncc1. The van der Waals surface area contributed by atoms with E-state index in [1.165, 1.54) is 0 Å². The number of hydrogen-bond donors (Lipinski definition) is 1. The minimum Gasteiger partial charge on any atom is -0.469 e. The molecule has 0 spiro atoms. The first kappa shape index (κ1) is 10.7. The predicted molar refractivity (Wildman–Crippen MR) is 64.4 cm³/mol. The standard InChI is InChI=1S/C13H16N2O/c1-11(4-5-13-3-2-10-16-13)15-12-6-8-14-9-7-12/h2-3,6-11H,4-5H2,1H3,(H,14,15). The van der Waals surface area contributed by atoms with Crippen LogP contribution in [0, 0.1) is 0 Å². The number of anilines is 1. The second-order valence-electron chi connectivity index (χ2n) is 3.90. The van der Waals surface area contributed by atoms with Crippen molar-refractivity contribution in [1.29, 1.82) is 0 Å². The molecule has 2 aromatic rings. The molecule has 0 radical (unpaired) electrons. The number of nitrogens with zero attached hydrogens (tertiary/aromatic N) is 1. The molecule has 2 aromatic heterocycles. The van der Waals surface area contributed by atoms with E-state index in [-0.39, 0.29) is 0 Å². The smallest absolute Gasteiger partial charge is 0.103 e. The Balaban J connectivity index is 1.78. The normalized spacial score (nSPS) is 12.3. The fourth-order valence-electron chi connectivity index (χ4n) is 1.62. The van der Waals surface area contributed by atoms with Gasteiger partial charge in [0, 0.05) is 30.5 Å². The van der Waals surface area contributed by atoms with Gasteiger partial charge >= 0.3 is 0 Å². The van der Waals surface area contributed by atoms with Crippen LogP contribution in [0.3, 0.4) is 0 Å². The molecule has 0 saturated heterocycles. The van der Waals surface area contributed by atoms with Gasteiger partial charge in [0.2, 0.25) is 0 Å². The average molecular weight is 216 g/mol. The van der Waals surface area contributed by atoms with Crippen molar-refractivity contribution in [3.05, 3.63) is 48.7 Å². The lowest BCUT2D eigenvalue weighted by atomic mass is 10.1. The van der Waals surface area contributed by atoms with Crippen molar-refractivity contribution in [3.8, 4) is 0 Å². The first-order chi connectivity index (χ1) is 7.84. The molecule has 2 rings (SSSR count). The molecule has 0 aromatic carbocycles. The van der Waals surface area contributed by atoms with Gasteiger partial charge in [-0.1, -0.05) is 0 Å². The van der Waals surface area contributed by atoms with Crippen LogP contribution < -0.4 is 5.32 Å². The van der Waals surface area contributed by atoms with Crippen molar-refractivity contribution in [3.63, 3.8) is 0 Å². The zero-order valence-electron chi connectivity index (χ0n) is 9.39. The van der Waals surface area contributed by atoms with Gasteiger partial charge in [0.25, 0.3) is 0 Å². The van der Waals surface area contributed by atoms with Gasteiger partial charge in [0.15, 0.2) is 0 Å². The number of pyridine rings is 1. The monoisotopic (exact) mass is 216 g/mol. The summed E-state index contributed by atoms with van der Waals surface area (Å²) < 4.78 is 5.30. The summed E-state index contributed by atoms with van der Waals surface area (Å²) in [5, 5.41) is 3.42. The topological polar surface area (TPSA) is 38.1 Å². The van der Waals surface area contributed by atoms with Gasteiger partial charge in [-0.3, -0.25) is 4.98 Å². The molecule has 16 heavy (non-hydrogen) atoms. The number of aryl methyl sites for hydroxylation is 1. The first-order valence-corrected chi connectivity index (χ1v) is 5.53. The van der Waals surface area contributed by atoms with Gasteiger partial charge in [-0.25, -0.2) is 0 Å². The van der Waals surface area contributed by atoms with Gasteiger partial charge in [-0.2, -0.15) is 0 Å². The van der Waals surface area contributed by atoms with Crippen LogP contribution >= 0.6 is 0 Å². The van der Waals surface area contributed by atoms with Gasteiger partial charge in [0.1, 0.15) is 5.76 Å². The van der Waals surface area contributed by atoms with Crippen molar-refractivity contribution >= 4 is 5.69 Å². The van der Waals surface area contributed by atoms with E-state index in [4.69, 9.17) is 4.42 Å². The third-order valence-corrected chi connectivity index (χ3v) is 2.50. The second kappa shape index (κ2) is 5.35. The molecule has 0 amide bonds. The Bertz CT molecular complexity index is 397. The summed E-state index contributed by atoms with van der Waals surface area (Å²) in [7, 11) is 0. The van der Waals surface area contributed by atoms with Gasteiger partial charge in [-0.05, 0) is 37.6 Å². The molecule has 0 aliphatic heterocycles. The first-order valence-electron chi connectivity index (χ1n) is 5.53. The van der Waals surface area contributed by atoms with Crippen LogP contribution in [0.1, 0.15) is 19.1 Å². The highest BCUT2D eigenvalue weighted by Gasteiger charge is 2.03. The molecular weight excluding hydrogens is 200 g/mol. The minimum absolute atomic E-state index is 0.424. The van der Waals surface area contributed by atoms with E-state index in [1.807, 2.05) is 24.3 Å². The molecular formula is C13H16N2O. The van der Waals surface area contributed by atoms with Crippen LogP contribution in [0.5, 0.6) is 0 Å². The molecule has 0 aliphatic rings. The second-order valence-corrected chi connectivity index (χ2v) is 3.90. The lowest BCUT2D eigenvalue weighted by molar-refractivity contribution is 0.495. The Labute approximate surface area is 95.5 Å². The highest BCUT2D eigenvalue weighted by molar-refractivity contribution is 5.41. The van der Waals surface area contributed by atoms with E-state index in [9.17, 15) is 0 Å². The largest absolute Gasteiger partial charge is 0.469 e. The van der Waals surface area contributed by atoms with Crippen molar-refractivity contribution < 1.29 is 4.42 Å². The van der Waals surface area contributed by atoms with Crippen molar-refractivity contribution in [2.24, 2.45) is 0 Å². The van der Waals surface area contributed by atoms with Crippen LogP contribution in [0.2, 0.25) is 0 Å². The number of hydrogen-bond acceptors (Lipinski definition) is 3. The number of furan rings is 1. The van der Waals surface area contributed by atoms with Crippen LogP contribution in [0.4, 0.5) is 5.69 Å². The maximum atomic E-state index is 5.30. The van der Waals surface area contributed by atoms with E-state index in [2.05, 4.69) is 17.2 Å². The molecule has 1 atom stereocenters. The zero-order chi connectivity index (χ0) is 11.2. The molecule has 3 nitrogen and oxygen atoms in total. The third-order valence-electron chi connectivity index (χ3n) is 2.50.